The van der Waals surface area contributed by atoms with Gasteiger partial charge >= 0.3 is 0 Å². The Morgan fingerprint density at radius 2 is 2.24 bits per heavy atom. The van der Waals surface area contributed by atoms with Crippen LogP contribution in [-0.4, -0.2) is 32.4 Å². The van der Waals surface area contributed by atoms with Crippen LogP contribution >= 0.6 is 0 Å². The average Bonchev–Trinajstić information content (AvgIpc) is 2.90. The fourth-order valence-electron chi connectivity index (χ4n) is 2.40. The van der Waals surface area contributed by atoms with Crippen molar-refractivity contribution in [3.63, 3.8) is 0 Å². The van der Waals surface area contributed by atoms with Crippen molar-refractivity contribution in [1.29, 1.82) is 0 Å². The molecule has 1 aliphatic rings. The second-order valence-electron chi connectivity index (χ2n) is 4.48. The number of hydrogen-bond donors (Lipinski definition) is 1. The molecule has 0 saturated carbocycles. The first-order valence-corrected chi connectivity index (χ1v) is 5.98. The topological polar surface area (TPSA) is 70.4 Å². The van der Waals surface area contributed by atoms with Gasteiger partial charge in [0.15, 0.2) is 0 Å². The number of ether oxygens (including phenoxy) is 1. The summed E-state index contributed by atoms with van der Waals surface area (Å²) >= 11 is 0. The highest BCUT2D eigenvalue weighted by Gasteiger charge is 2.22. The molecule has 0 aliphatic carbocycles. The van der Waals surface area contributed by atoms with Gasteiger partial charge in [-0.3, -0.25) is 4.57 Å². The van der Waals surface area contributed by atoms with Crippen molar-refractivity contribution in [2.24, 2.45) is 12.8 Å². The monoisotopic (exact) mass is 235 g/mol. The largest absolute Gasteiger partial charge is 0.381 e. The third-order valence-electron chi connectivity index (χ3n) is 3.37. The summed E-state index contributed by atoms with van der Waals surface area (Å²) in [5.41, 5.74) is 6.45. The lowest BCUT2D eigenvalue weighted by atomic mass is 10.00. The predicted octanol–water partition coefficient (Wildman–Crippen LogP) is 0.420. The van der Waals surface area contributed by atoms with Crippen molar-refractivity contribution < 1.29 is 4.74 Å². The molecular formula is C11H17N5O. The lowest BCUT2D eigenvalue weighted by molar-refractivity contribution is 0.0829. The maximum atomic E-state index is 5.57. The molecule has 0 radical (unpaired) electrons. The van der Waals surface area contributed by atoms with Crippen molar-refractivity contribution in [3.05, 3.63) is 17.7 Å². The molecule has 17 heavy (non-hydrogen) atoms. The van der Waals surface area contributed by atoms with E-state index in [1.807, 2.05) is 17.8 Å². The maximum absolute atomic E-state index is 5.57. The number of rotatable bonds is 2. The Kier molecular flexibility index (Phi) is 2.60. The van der Waals surface area contributed by atoms with Gasteiger partial charge in [0.05, 0.1) is 11.9 Å². The summed E-state index contributed by atoms with van der Waals surface area (Å²) in [4.78, 5) is 4.45. The minimum absolute atomic E-state index is 0.454. The van der Waals surface area contributed by atoms with E-state index >= 15 is 0 Å². The number of nitrogens with zero attached hydrogens (tertiary/aromatic N) is 4. The Morgan fingerprint density at radius 3 is 2.88 bits per heavy atom. The number of hydrogen-bond acceptors (Lipinski definition) is 4. The molecule has 3 rings (SSSR count). The highest BCUT2D eigenvalue weighted by atomic mass is 16.5. The van der Waals surface area contributed by atoms with E-state index in [-0.39, 0.29) is 0 Å². The second-order valence-corrected chi connectivity index (χ2v) is 4.48. The van der Waals surface area contributed by atoms with Crippen molar-refractivity contribution in [2.45, 2.75) is 25.3 Å². The SMILES string of the molecule is Cn1c(C2CCOCC2)nn2cc(CN)nc12. The van der Waals surface area contributed by atoms with E-state index in [9.17, 15) is 0 Å². The van der Waals surface area contributed by atoms with E-state index in [0.717, 1.165) is 43.4 Å². The van der Waals surface area contributed by atoms with Crippen LogP contribution in [0.2, 0.25) is 0 Å². The first-order valence-electron chi connectivity index (χ1n) is 5.98. The molecule has 6 heteroatoms. The number of imidazole rings is 1. The minimum atomic E-state index is 0.454. The van der Waals surface area contributed by atoms with E-state index < -0.39 is 0 Å². The summed E-state index contributed by atoms with van der Waals surface area (Å²) in [5.74, 6) is 2.45. The van der Waals surface area contributed by atoms with Gasteiger partial charge in [-0.1, -0.05) is 0 Å². The Bertz CT molecular complexity index is 523. The maximum Gasteiger partial charge on any atom is 0.232 e. The molecule has 0 aromatic carbocycles. The van der Waals surface area contributed by atoms with Gasteiger partial charge in [-0.2, -0.15) is 5.10 Å². The van der Waals surface area contributed by atoms with Crippen molar-refractivity contribution in [3.8, 4) is 0 Å². The molecule has 1 fully saturated rings. The number of aryl methyl sites for hydroxylation is 1. The lowest BCUT2D eigenvalue weighted by Gasteiger charge is -2.20. The van der Waals surface area contributed by atoms with E-state index in [2.05, 4.69) is 14.6 Å². The number of fused-ring (bicyclic) bond motifs is 1. The Labute approximate surface area is 99.4 Å². The van der Waals surface area contributed by atoms with Crippen LogP contribution in [0.3, 0.4) is 0 Å². The van der Waals surface area contributed by atoms with Crippen molar-refractivity contribution in [2.75, 3.05) is 13.2 Å². The van der Waals surface area contributed by atoms with Crippen LogP contribution in [0, 0.1) is 0 Å². The molecule has 1 aliphatic heterocycles. The summed E-state index contributed by atoms with van der Waals surface area (Å²) < 4.78 is 9.27. The van der Waals surface area contributed by atoms with Crippen LogP contribution in [-0.2, 0) is 18.3 Å². The van der Waals surface area contributed by atoms with Gasteiger partial charge in [-0.15, -0.1) is 0 Å². The highest BCUT2D eigenvalue weighted by Crippen LogP contribution is 2.26. The molecule has 2 aromatic rings. The molecule has 0 unspecified atom stereocenters. The first kappa shape index (κ1) is 10.7. The van der Waals surface area contributed by atoms with E-state index in [1.54, 1.807) is 0 Å². The van der Waals surface area contributed by atoms with E-state index in [4.69, 9.17) is 10.5 Å². The van der Waals surface area contributed by atoms with Crippen LogP contribution in [0.25, 0.3) is 5.78 Å². The normalized spacial score (nSPS) is 18.0. The average molecular weight is 235 g/mol. The zero-order chi connectivity index (χ0) is 11.8. The van der Waals surface area contributed by atoms with E-state index in [1.165, 1.54) is 0 Å². The molecule has 92 valence electrons. The molecule has 3 heterocycles. The van der Waals surface area contributed by atoms with E-state index in [0.29, 0.717) is 12.5 Å². The first-order chi connectivity index (χ1) is 8.29. The molecule has 0 spiro atoms. The van der Waals surface area contributed by atoms with Crippen molar-refractivity contribution in [1.82, 2.24) is 19.2 Å². The smallest absolute Gasteiger partial charge is 0.232 e. The fraction of sp³-hybridized carbons (Fsp3) is 0.636. The van der Waals surface area contributed by atoms with Gasteiger partial charge in [0.2, 0.25) is 5.78 Å². The molecular weight excluding hydrogens is 218 g/mol. The lowest BCUT2D eigenvalue weighted by Crippen LogP contribution is -2.17. The Morgan fingerprint density at radius 1 is 1.47 bits per heavy atom. The zero-order valence-electron chi connectivity index (χ0n) is 9.96. The highest BCUT2D eigenvalue weighted by molar-refractivity contribution is 5.32. The summed E-state index contributed by atoms with van der Waals surface area (Å²) in [6.07, 6.45) is 3.98. The Balaban J connectivity index is 1.99. The van der Waals surface area contributed by atoms with Gasteiger partial charge in [-0.05, 0) is 12.8 Å². The predicted molar refractivity (Wildman–Crippen MR) is 62.6 cm³/mol. The van der Waals surface area contributed by atoms with Crippen LogP contribution in [0.5, 0.6) is 0 Å². The summed E-state index contributed by atoms with van der Waals surface area (Å²) in [5, 5.41) is 4.61. The molecule has 0 atom stereocenters. The summed E-state index contributed by atoms with van der Waals surface area (Å²) in [6, 6.07) is 0. The van der Waals surface area contributed by atoms with Gasteiger partial charge in [-0.25, -0.2) is 9.50 Å². The molecule has 0 amide bonds. The van der Waals surface area contributed by atoms with Gasteiger partial charge in [0, 0.05) is 32.7 Å². The molecule has 2 N–H and O–H groups in total. The molecule has 0 bridgehead atoms. The summed E-state index contributed by atoms with van der Waals surface area (Å²) in [6.45, 7) is 2.11. The molecule has 6 nitrogen and oxygen atoms in total. The van der Waals surface area contributed by atoms with Crippen LogP contribution in [0.1, 0.15) is 30.3 Å². The van der Waals surface area contributed by atoms with Gasteiger partial charge in [0.1, 0.15) is 5.82 Å². The standard InChI is InChI=1S/C11H17N5O/c1-15-10(8-2-4-17-5-3-8)14-16-7-9(6-12)13-11(15)16/h7-8H,2-6,12H2,1H3. The van der Waals surface area contributed by atoms with Crippen LogP contribution < -0.4 is 5.73 Å². The quantitative estimate of drug-likeness (QED) is 0.819. The second kappa shape index (κ2) is 4.12. The van der Waals surface area contributed by atoms with Crippen molar-refractivity contribution >= 4 is 5.78 Å². The fourth-order valence-corrected chi connectivity index (χ4v) is 2.40. The summed E-state index contributed by atoms with van der Waals surface area (Å²) in [7, 11) is 2.01. The number of aromatic nitrogens is 4. The molecule has 2 aromatic heterocycles. The van der Waals surface area contributed by atoms with Crippen LogP contribution in [0.4, 0.5) is 0 Å². The van der Waals surface area contributed by atoms with Crippen LogP contribution in [0.15, 0.2) is 6.20 Å². The third-order valence-corrected chi connectivity index (χ3v) is 3.37. The minimum Gasteiger partial charge on any atom is -0.381 e. The van der Waals surface area contributed by atoms with Gasteiger partial charge in [0.25, 0.3) is 0 Å². The Hall–Kier alpha value is -1.40. The van der Waals surface area contributed by atoms with Gasteiger partial charge < -0.3 is 10.5 Å². The number of nitrogens with two attached hydrogens (primary N) is 1. The third kappa shape index (κ3) is 1.73. The molecule has 1 saturated heterocycles. The zero-order valence-corrected chi connectivity index (χ0v) is 9.96.